The second-order valence-corrected chi connectivity index (χ2v) is 8.45. The number of benzene rings is 1. The zero-order chi connectivity index (χ0) is 17.8. The highest BCUT2D eigenvalue weighted by molar-refractivity contribution is 5.87. The first-order chi connectivity index (χ1) is 11.9. The van der Waals surface area contributed by atoms with Crippen LogP contribution in [-0.4, -0.2) is 16.9 Å². The third-order valence-electron chi connectivity index (χ3n) is 7.26. The van der Waals surface area contributed by atoms with E-state index < -0.39 is 5.97 Å². The highest BCUT2D eigenvalue weighted by Gasteiger charge is 2.58. The van der Waals surface area contributed by atoms with Crippen molar-refractivity contribution in [2.24, 2.45) is 23.2 Å². The Morgan fingerprint density at radius 2 is 2.16 bits per heavy atom. The van der Waals surface area contributed by atoms with Gasteiger partial charge in [0.25, 0.3) is 0 Å². The van der Waals surface area contributed by atoms with E-state index in [1.165, 1.54) is 5.56 Å². The molecular weight excluding hydrogens is 319 g/mol. The van der Waals surface area contributed by atoms with E-state index in [-0.39, 0.29) is 29.5 Å². The van der Waals surface area contributed by atoms with Crippen molar-refractivity contribution in [2.75, 3.05) is 0 Å². The topological polar surface area (TPSA) is 54.4 Å². The molecule has 2 saturated carbocycles. The van der Waals surface area contributed by atoms with Gasteiger partial charge in [0.1, 0.15) is 11.6 Å². The molecule has 3 unspecified atom stereocenters. The summed E-state index contributed by atoms with van der Waals surface area (Å²) in [5, 5.41) is 9.07. The van der Waals surface area contributed by atoms with Gasteiger partial charge in [0.05, 0.1) is 0 Å². The molecule has 1 N–H and O–H groups in total. The van der Waals surface area contributed by atoms with Crippen molar-refractivity contribution < 1.29 is 19.1 Å². The van der Waals surface area contributed by atoms with Gasteiger partial charge < -0.3 is 5.11 Å². The number of rotatable bonds is 3. The van der Waals surface area contributed by atoms with Crippen LogP contribution in [0.2, 0.25) is 0 Å². The molecule has 2 fully saturated rings. The lowest BCUT2D eigenvalue weighted by Gasteiger charge is -2.50. The second-order valence-electron chi connectivity index (χ2n) is 8.45. The van der Waals surface area contributed by atoms with Crippen molar-refractivity contribution in [3.05, 3.63) is 35.1 Å². The molecule has 0 bridgehead atoms. The lowest BCUT2D eigenvalue weighted by molar-refractivity contribution is -0.137. The van der Waals surface area contributed by atoms with Crippen LogP contribution in [-0.2, 0) is 16.0 Å². The fourth-order valence-corrected chi connectivity index (χ4v) is 6.18. The summed E-state index contributed by atoms with van der Waals surface area (Å²) in [6.45, 7) is 2.11. The molecule has 4 rings (SSSR count). The normalized spacial score (nSPS) is 36.5. The standard InChI is InChI=1S/C21H25FO3/c1-21-9-8-16-15-6-4-14(22)10-12(15)2-5-17(16)20(21)13(11-18(21)23)3-7-19(24)25/h4,6,10,13,16-17,20H,2-3,5,7-9,11H2,1H3,(H,24,25)/t13-,16?,17?,20?,21-/m1/s1. The quantitative estimate of drug-likeness (QED) is 0.887. The van der Waals surface area contributed by atoms with Gasteiger partial charge in [-0.1, -0.05) is 13.0 Å². The summed E-state index contributed by atoms with van der Waals surface area (Å²) in [6, 6.07) is 5.16. The number of halogens is 1. The molecule has 1 aromatic rings. The number of carbonyl (C=O) groups excluding carboxylic acids is 1. The predicted octanol–water partition coefficient (Wildman–Crippen LogP) is 4.34. The van der Waals surface area contributed by atoms with Crippen molar-refractivity contribution in [1.82, 2.24) is 0 Å². The zero-order valence-electron chi connectivity index (χ0n) is 14.6. The highest BCUT2D eigenvalue weighted by atomic mass is 19.1. The second kappa shape index (κ2) is 5.93. The van der Waals surface area contributed by atoms with Crippen LogP contribution >= 0.6 is 0 Å². The molecular formula is C21H25FO3. The number of ketones is 1. The van der Waals surface area contributed by atoms with Crippen molar-refractivity contribution in [1.29, 1.82) is 0 Å². The number of aliphatic carboxylic acids is 1. The summed E-state index contributed by atoms with van der Waals surface area (Å²) in [5.74, 6) is 0.643. The van der Waals surface area contributed by atoms with E-state index in [0.717, 1.165) is 31.2 Å². The minimum absolute atomic E-state index is 0.143. The fraction of sp³-hybridized carbons (Fsp3) is 0.619. The largest absolute Gasteiger partial charge is 0.481 e. The van der Waals surface area contributed by atoms with Crippen molar-refractivity contribution >= 4 is 11.8 Å². The van der Waals surface area contributed by atoms with Crippen LogP contribution < -0.4 is 0 Å². The average Bonchev–Trinajstić information content (AvgIpc) is 2.83. The number of hydrogen-bond acceptors (Lipinski definition) is 2. The van der Waals surface area contributed by atoms with E-state index in [4.69, 9.17) is 5.11 Å². The van der Waals surface area contributed by atoms with Crippen LogP contribution in [0.25, 0.3) is 0 Å². The molecule has 0 radical (unpaired) electrons. The van der Waals surface area contributed by atoms with Gasteiger partial charge in [-0.3, -0.25) is 9.59 Å². The van der Waals surface area contributed by atoms with Gasteiger partial charge in [-0.2, -0.15) is 0 Å². The summed E-state index contributed by atoms with van der Waals surface area (Å²) in [5.41, 5.74) is 2.09. The number of carboxylic acids is 1. The maximum absolute atomic E-state index is 13.6. The molecule has 1 aromatic carbocycles. The van der Waals surface area contributed by atoms with E-state index in [0.29, 0.717) is 30.5 Å². The Labute approximate surface area is 147 Å². The zero-order valence-corrected chi connectivity index (χ0v) is 14.6. The molecule has 3 aliphatic rings. The van der Waals surface area contributed by atoms with E-state index >= 15 is 0 Å². The van der Waals surface area contributed by atoms with Gasteiger partial charge in [0.2, 0.25) is 0 Å². The van der Waals surface area contributed by atoms with Gasteiger partial charge >= 0.3 is 5.97 Å². The molecule has 25 heavy (non-hydrogen) atoms. The number of carboxylic acid groups (broad SMARTS) is 1. The highest BCUT2D eigenvalue weighted by Crippen LogP contribution is 2.62. The molecule has 3 nitrogen and oxygen atoms in total. The minimum Gasteiger partial charge on any atom is -0.481 e. The number of aryl methyl sites for hydroxylation is 1. The number of hydrogen-bond donors (Lipinski definition) is 1. The summed E-state index contributed by atoms with van der Waals surface area (Å²) >= 11 is 0. The Morgan fingerprint density at radius 1 is 1.36 bits per heavy atom. The van der Waals surface area contributed by atoms with E-state index in [1.807, 2.05) is 6.07 Å². The summed E-state index contributed by atoms with van der Waals surface area (Å²) in [7, 11) is 0. The van der Waals surface area contributed by atoms with E-state index in [2.05, 4.69) is 6.92 Å². The molecule has 0 aliphatic heterocycles. The average molecular weight is 344 g/mol. The van der Waals surface area contributed by atoms with Crippen LogP contribution in [0.3, 0.4) is 0 Å². The van der Waals surface area contributed by atoms with Crippen LogP contribution in [0, 0.1) is 29.0 Å². The fourth-order valence-electron chi connectivity index (χ4n) is 6.18. The number of carbonyl (C=O) groups is 2. The molecule has 0 heterocycles. The summed E-state index contributed by atoms with van der Waals surface area (Å²) in [6.07, 6.45) is 4.98. The third-order valence-corrected chi connectivity index (χ3v) is 7.26. The van der Waals surface area contributed by atoms with E-state index in [9.17, 15) is 14.0 Å². The van der Waals surface area contributed by atoms with Gasteiger partial charge in [0, 0.05) is 18.3 Å². The van der Waals surface area contributed by atoms with Crippen LogP contribution in [0.1, 0.15) is 62.5 Å². The first kappa shape index (κ1) is 16.7. The Kier molecular flexibility index (Phi) is 3.97. The minimum atomic E-state index is -0.780. The van der Waals surface area contributed by atoms with Gasteiger partial charge in [0.15, 0.2) is 0 Å². The first-order valence-electron chi connectivity index (χ1n) is 9.43. The number of Topliss-reactive ketones (excluding diaryl/α,β-unsaturated/α-hetero) is 1. The third kappa shape index (κ3) is 2.61. The van der Waals surface area contributed by atoms with Crippen molar-refractivity contribution in [3.8, 4) is 0 Å². The molecule has 5 atom stereocenters. The smallest absolute Gasteiger partial charge is 0.303 e. The Bertz CT molecular complexity index is 728. The molecule has 3 aliphatic carbocycles. The lowest BCUT2D eigenvalue weighted by Crippen LogP contribution is -2.44. The van der Waals surface area contributed by atoms with Gasteiger partial charge in [-0.25, -0.2) is 4.39 Å². The van der Waals surface area contributed by atoms with Crippen molar-refractivity contribution in [3.63, 3.8) is 0 Å². The summed E-state index contributed by atoms with van der Waals surface area (Å²) in [4.78, 5) is 23.8. The maximum atomic E-state index is 13.6. The monoisotopic (exact) mass is 344 g/mol. The molecule has 0 saturated heterocycles. The molecule has 4 heteroatoms. The van der Waals surface area contributed by atoms with Crippen LogP contribution in [0.4, 0.5) is 4.39 Å². The number of fused-ring (bicyclic) bond motifs is 5. The molecule has 134 valence electrons. The summed E-state index contributed by atoms with van der Waals surface area (Å²) < 4.78 is 13.6. The van der Waals surface area contributed by atoms with Crippen molar-refractivity contribution in [2.45, 2.75) is 57.8 Å². The lowest BCUT2D eigenvalue weighted by atomic mass is 9.54. The van der Waals surface area contributed by atoms with Crippen LogP contribution in [0.5, 0.6) is 0 Å². The maximum Gasteiger partial charge on any atom is 0.303 e. The predicted molar refractivity (Wildman–Crippen MR) is 91.8 cm³/mol. The molecule has 0 spiro atoms. The molecule has 0 amide bonds. The first-order valence-corrected chi connectivity index (χ1v) is 9.43. The Balaban J connectivity index is 1.67. The SMILES string of the molecule is C[C@]12CCC3c4ccc(F)cc4CCC3C1[C@H](CCC(=O)O)CC2=O. The van der Waals surface area contributed by atoms with Gasteiger partial charge in [-0.05, 0) is 79.0 Å². The Morgan fingerprint density at radius 3 is 2.92 bits per heavy atom. The molecule has 0 aromatic heterocycles. The van der Waals surface area contributed by atoms with E-state index in [1.54, 1.807) is 12.1 Å². The Hall–Kier alpha value is -1.71. The van der Waals surface area contributed by atoms with Gasteiger partial charge in [-0.15, -0.1) is 0 Å². The van der Waals surface area contributed by atoms with Crippen LogP contribution in [0.15, 0.2) is 18.2 Å².